The van der Waals surface area contributed by atoms with Crippen LogP contribution in [0, 0.1) is 6.92 Å². The van der Waals surface area contributed by atoms with E-state index in [1.165, 1.54) is 18.1 Å². The highest BCUT2D eigenvalue weighted by Gasteiger charge is 2.26. The van der Waals surface area contributed by atoms with Crippen LogP contribution in [0.25, 0.3) is 34.2 Å². The number of carbonyl (C=O) groups is 1. The van der Waals surface area contributed by atoms with Crippen LogP contribution < -0.4 is 0 Å². The van der Waals surface area contributed by atoms with Crippen LogP contribution in [0.2, 0.25) is 0 Å². The van der Waals surface area contributed by atoms with Crippen LogP contribution in [-0.2, 0) is 22.5 Å². The summed E-state index contributed by atoms with van der Waals surface area (Å²) in [6, 6.07) is 9.90. The lowest BCUT2D eigenvalue weighted by molar-refractivity contribution is -0.137. The van der Waals surface area contributed by atoms with Gasteiger partial charge in [-0.3, -0.25) is 9.67 Å². The quantitative estimate of drug-likeness (QED) is 0.367. The number of aryl methyl sites for hydroxylation is 2. The van der Waals surface area contributed by atoms with Crippen molar-refractivity contribution in [2.75, 3.05) is 6.61 Å². The molecule has 0 saturated heterocycles. The zero-order chi connectivity index (χ0) is 21.4. The van der Waals surface area contributed by atoms with Gasteiger partial charge in [-0.25, -0.2) is 14.3 Å². The first-order chi connectivity index (χ1) is 15.2. The van der Waals surface area contributed by atoms with Gasteiger partial charge >= 0.3 is 5.97 Å². The van der Waals surface area contributed by atoms with E-state index in [0.29, 0.717) is 12.3 Å². The highest BCUT2D eigenvalue weighted by molar-refractivity contribution is 5.91. The van der Waals surface area contributed by atoms with Crippen molar-refractivity contribution in [3.8, 4) is 22.5 Å². The first kappa shape index (κ1) is 19.2. The normalized spacial score (nSPS) is 13.2. The third-order valence-corrected chi connectivity index (χ3v) is 5.38. The van der Waals surface area contributed by atoms with Crippen molar-refractivity contribution in [2.45, 2.75) is 33.2 Å². The second-order valence-corrected chi connectivity index (χ2v) is 7.41. The van der Waals surface area contributed by atoms with E-state index >= 15 is 0 Å². The van der Waals surface area contributed by atoms with Gasteiger partial charge in [0.15, 0.2) is 5.65 Å². The molecule has 0 spiro atoms. The Kier molecular flexibility index (Phi) is 4.82. The zero-order valence-electron chi connectivity index (χ0n) is 17.4. The summed E-state index contributed by atoms with van der Waals surface area (Å²) in [5, 5.41) is 9.29. The molecule has 5 rings (SSSR count). The van der Waals surface area contributed by atoms with E-state index in [4.69, 9.17) is 14.8 Å². The highest BCUT2D eigenvalue weighted by atomic mass is 16.5. The van der Waals surface area contributed by atoms with Crippen LogP contribution in [0.15, 0.2) is 42.7 Å². The number of aromatic nitrogens is 6. The summed E-state index contributed by atoms with van der Waals surface area (Å²) in [5.41, 5.74) is 7.18. The summed E-state index contributed by atoms with van der Waals surface area (Å²) in [5.74, 6) is -0.397. The monoisotopic (exact) mass is 414 g/mol. The topological polar surface area (TPSA) is 87.2 Å². The summed E-state index contributed by atoms with van der Waals surface area (Å²) in [4.78, 5) is 21.0. The number of fused-ring (bicyclic) bond motifs is 2. The molecular weight excluding hydrogens is 392 g/mol. The molecule has 0 radical (unpaired) electrons. The van der Waals surface area contributed by atoms with E-state index in [2.05, 4.69) is 14.8 Å². The molecule has 8 nitrogen and oxygen atoms in total. The summed E-state index contributed by atoms with van der Waals surface area (Å²) < 4.78 is 8.87. The first-order valence-corrected chi connectivity index (χ1v) is 10.4. The fourth-order valence-electron chi connectivity index (χ4n) is 4.09. The minimum atomic E-state index is -0.397. The Morgan fingerprint density at radius 3 is 3.00 bits per heavy atom. The minimum absolute atomic E-state index is 0.323. The van der Waals surface area contributed by atoms with E-state index in [0.717, 1.165) is 53.3 Å². The maximum Gasteiger partial charge on any atom is 0.330 e. The van der Waals surface area contributed by atoms with Gasteiger partial charge in [-0.1, -0.05) is 6.07 Å². The second-order valence-electron chi connectivity index (χ2n) is 7.41. The number of carbonyl (C=O) groups excluding carboxylic acids is 1. The van der Waals surface area contributed by atoms with Crippen molar-refractivity contribution in [3.05, 3.63) is 59.8 Å². The average molecular weight is 414 g/mol. The Labute approximate surface area is 179 Å². The molecule has 1 aliphatic heterocycles. The summed E-state index contributed by atoms with van der Waals surface area (Å²) in [6.45, 7) is 4.96. The number of hydrogen-bond acceptors (Lipinski definition) is 6. The van der Waals surface area contributed by atoms with E-state index in [1.807, 2.05) is 37.3 Å². The Morgan fingerprint density at radius 1 is 1.26 bits per heavy atom. The summed E-state index contributed by atoms with van der Waals surface area (Å²) >= 11 is 0. The summed E-state index contributed by atoms with van der Waals surface area (Å²) in [6.07, 6.45) is 6.66. The van der Waals surface area contributed by atoms with Gasteiger partial charge in [0.1, 0.15) is 12.0 Å². The maximum absolute atomic E-state index is 12.0. The molecule has 0 atom stereocenters. The molecule has 4 aromatic rings. The second kappa shape index (κ2) is 7.79. The molecule has 8 heteroatoms. The number of ether oxygens (including phenoxy) is 1. The molecule has 0 saturated carbocycles. The Bertz CT molecular complexity index is 1320. The number of nitrogens with zero attached hydrogens (tertiary/aromatic N) is 6. The molecule has 5 heterocycles. The van der Waals surface area contributed by atoms with Crippen molar-refractivity contribution >= 4 is 17.7 Å². The molecular formula is C23H22N6O2. The molecule has 0 unspecified atom stereocenters. The first-order valence-electron chi connectivity index (χ1n) is 10.4. The molecule has 0 aliphatic carbocycles. The Balaban J connectivity index is 1.75. The van der Waals surface area contributed by atoms with Gasteiger partial charge in [0, 0.05) is 35.1 Å². The van der Waals surface area contributed by atoms with Gasteiger partial charge in [0.25, 0.3) is 0 Å². The number of pyridine rings is 2. The van der Waals surface area contributed by atoms with Crippen LogP contribution >= 0.6 is 0 Å². The van der Waals surface area contributed by atoms with Gasteiger partial charge in [-0.2, -0.15) is 10.2 Å². The van der Waals surface area contributed by atoms with Crippen LogP contribution in [-0.4, -0.2) is 41.9 Å². The molecule has 0 bridgehead atoms. The largest absolute Gasteiger partial charge is 0.463 e. The van der Waals surface area contributed by atoms with Crippen molar-refractivity contribution < 1.29 is 9.53 Å². The Morgan fingerprint density at radius 2 is 2.16 bits per heavy atom. The average Bonchev–Trinajstić information content (AvgIpc) is 3.48. The molecule has 156 valence electrons. The van der Waals surface area contributed by atoms with Crippen LogP contribution in [0.4, 0.5) is 0 Å². The van der Waals surface area contributed by atoms with Crippen molar-refractivity contribution in [1.29, 1.82) is 0 Å². The van der Waals surface area contributed by atoms with Gasteiger partial charge in [-0.05, 0) is 57.0 Å². The third-order valence-electron chi connectivity index (χ3n) is 5.38. The molecule has 0 fully saturated rings. The van der Waals surface area contributed by atoms with Gasteiger partial charge < -0.3 is 4.74 Å². The predicted octanol–water partition coefficient (Wildman–Crippen LogP) is 3.49. The fraction of sp³-hybridized carbons (Fsp3) is 0.261. The standard InChI is InChI=1S/C23H22N6O2/c1-3-31-21(30)12-10-18-16(9-11-20-24-14-25-29(18)20)22-19-8-5-13-28(19)27-23(22)17-7-4-6-15(2)26-17/h4,6-7,9-12,14H,3,5,8,13H2,1-2H3/b12-10+. The molecule has 0 N–H and O–H groups in total. The number of hydrogen-bond donors (Lipinski definition) is 0. The highest BCUT2D eigenvalue weighted by Crippen LogP contribution is 2.39. The smallest absolute Gasteiger partial charge is 0.330 e. The lowest BCUT2D eigenvalue weighted by atomic mass is 9.98. The van der Waals surface area contributed by atoms with E-state index < -0.39 is 5.97 Å². The molecule has 31 heavy (non-hydrogen) atoms. The molecule has 0 aromatic carbocycles. The lowest BCUT2D eigenvalue weighted by Crippen LogP contribution is -2.02. The van der Waals surface area contributed by atoms with Gasteiger partial charge in [0.2, 0.25) is 0 Å². The van der Waals surface area contributed by atoms with E-state index in [9.17, 15) is 4.79 Å². The van der Waals surface area contributed by atoms with Crippen molar-refractivity contribution in [3.63, 3.8) is 0 Å². The molecule has 1 aliphatic rings. The lowest BCUT2D eigenvalue weighted by Gasteiger charge is -2.11. The zero-order valence-corrected chi connectivity index (χ0v) is 17.4. The van der Waals surface area contributed by atoms with Crippen LogP contribution in [0.5, 0.6) is 0 Å². The maximum atomic E-state index is 12.0. The van der Waals surface area contributed by atoms with Gasteiger partial charge in [-0.15, -0.1) is 0 Å². The van der Waals surface area contributed by atoms with Crippen molar-refractivity contribution in [1.82, 2.24) is 29.4 Å². The van der Waals surface area contributed by atoms with Crippen molar-refractivity contribution in [2.24, 2.45) is 0 Å². The fourth-order valence-corrected chi connectivity index (χ4v) is 4.09. The predicted molar refractivity (Wildman–Crippen MR) is 116 cm³/mol. The number of esters is 1. The SMILES string of the molecule is CCOC(=O)/C=C/c1c(-c2c(-c3cccc(C)n3)nn3c2CCC3)ccc2ncnn12. The van der Waals surface area contributed by atoms with Gasteiger partial charge in [0.05, 0.1) is 18.0 Å². The minimum Gasteiger partial charge on any atom is -0.463 e. The number of rotatable bonds is 5. The van der Waals surface area contributed by atoms with E-state index in [-0.39, 0.29) is 0 Å². The van der Waals surface area contributed by atoms with Crippen LogP contribution in [0.3, 0.4) is 0 Å². The van der Waals surface area contributed by atoms with E-state index in [1.54, 1.807) is 17.5 Å². The molecule has 0 amide bonds. The third kappa shape index (κ3) is 3.39. The Hall–Kier alpha value is -3.81. The molecule has 4 aromatic heterocycles. The van der Waals surface area contributed by atoms with Crippen LogP contribution in [0.1, 0.15) is 30.4 Å². The summed E-state index contributed by atoms with van der Waals surface area (Å²) in [7, 11) is 0.